The van der Waals surface area contributed by atoms with Crippen molar-refractivity contribution in [2.75, 3.05) is 5.32 Å². The molecule has 0 saturated heterocycles. The van der Waals surface area contributed by atoms with E-state index < -0.39 is 17.6 Å². The molecule has 1 aromatic carbocycles. The summed E-state index contributed by atoms with van der Waals surface area (Å²) in [7, 11) is 0. The molecule has 1 aromatic rings. The zero-order valence-electron chi connectivity index (χ0n) is 12.3. The molecule has 1 aliphatic rings. The first kappa shape index (κ1) is 16.1. The molecule has 2 rings (SSSR count). The van der Waals surface area contributed by atoms with Crippen molar-refractivity contribution in [3.05, 3.63) is 29.6 Å². The molecule has 0 heterocycles. The first-order valence-electron chi connectivity index (χ1n) is 7.40. The first-order valence-corrected chi connectivity index (χ1v) is 7.40. The Labute approximate surface area is 122 Å². The molecule has 1 saturated carbocycles. The van der Waals surface area contributed by atoms with Gasteiger partial charge >= 0.3 is 6.18 Å². The number of rotatable bonds is 3. The number of benzene rings is 1. The van der Waals surface area contributed by atoms with E-state index in [0.29, 0.717) is 11.8 Å². The smallest absolute Gasteiger partial charge is 0.380 e. The number of nitrogens with one attached hydrogen (secondary N) is 1. The molecule has 0 bridgehead atoms. The summed E-state index contributed by atoms with van der Waals surface area (Å²) in [6.45, 7) is 4.37. The Balaban J connectivity index is 2.03. The van der Waals surface area contributed by atoms with Crippen molar-refractivity contribution in [3.8, 4) is 0 Å². The summed E-state index contributed by atoms with van der Waals surface area (Å²) < 4.78 is 51.7. The fourth-order valence-corrected chi connectivity index (χ4v) is 2.96. The highest BCUT2D eigenvalue weighted by molar-refractivity contribution is 5.48. The van der Waals surface area contributed by atoms with E-state index in [1.807, 2.05) is 0 Å². The molecule has 21 heavy (non-hydrogen) atoms. The zero-order valence-corrected chi connectivity index (χ0v) is 12.3. The summed E-state index contributed by atoms with van der Waals surface area (Å²) in [5, 5.41) is 2.95. The Kier molecular flexibility index (Phi) is 4.79. The predicted molar refractivity (Wildman–Crippen MR) is 75.6 cm³/mol. The SMILES string of the molecule is CC(C)C1CCC(Nc2cc(C(F)(F)F)ccc2F)CC1. The van der Waals surface area contributed by atoms with Crippen LogP contribution in [0, 0.1) is 17.7 Å². The zero-order chi connectivity index (χ0) is 15.6. The summed E-state index contributed by atoms with van der Waals surface area (Å²) in [5.74, 6) is 0.652. The quantitative estimate of drug-likeness (QED) is 0.730. The molecule has 1 aliphatic carbocycles. The van der Waals surface area contributed by atoms with Gasteiger partial charge in [0.15, 0.2) is 0 Å². The summed E-state index contributed by atoms with van der Waals surface area (Å²) in [4.78, 5) is 0. The van der Waals surface area contributed by atoms with E-state index in [9.17, 15) is 17.6 Å². The van der Waals surface area contributed by atoms with Crippen LogP contribution in [0.1, 0.15) is 45.1 Å². The molecule has 0 spiro atoms. The molecule has 1 nitrogen and oxygen atoms in total. The first-order chi connectivity index (χ1) is 9.77. The van der Waals surface area contributed by atoms with Crippen molar-refractivity contribution in [1.29, 1.82) is 0 Å². The average molecular weight is 303 g/mol. The van der Waals surface area contributed by atoms with Gasteiger partial charge in [-0.15, -0.1) is 0 Å². The molecule has 0 unspecified atom stereocenters. The maximum Gasteiger partial charge on any atom is 0.416 e. The van der Waals surface area contributed by atoms with E-state index in [2.05, 4.69) is 19.2 Å². The van der Waals surface area contributed by atoms with Gasteiger partial charge < -0.3 is 5.32 Å². The van der Waals surface area contributed by atoms with Crippen LogP contribution in [0.3, 0.4) is 0 Å². The monoisotopic (exact) mass is 303 g/mol. The Bertz CT molecular complexity index is 474. The molecule has 1 N–H and O–H groups in total. The molecule has 0 amide bonds. The third-order valence-electron chi connectivity index (χ3n) is 4.37. The van der Waals surface area contributed by atoms with Crippen molar-refractivity contribution in [2.24, 2.45) is 11.8 Å². The highest BCUT2D eigenvalue weighted by atomic mass is 19.4. The van der Waals surface area contributed by atoms with E-state index >= 15 is 0 Å². The van der Waals surface area contributed by atoms with Gasteiger partial charge in [0.2, 0.25) is 0 Å². The van der Waals surface area contributed by atoms with E-state index in [0.717, 1.165) is 43.9 Å². The molecule has 0 aliphatic heterocycles. The number of hydrogen-bond acceptors (Lipinski definition) is 1. The molecule has 0 radical (unpaired) electrons. The van der Waals surface area contributed by atoms with Crippen LogP contribution in [0.4, 0.5) is 23.2 Å². The lowest BCUT2D eigenvalue weighted by Gasteiger charge is -2.32. The van der Waals surface area contributed by atoms with E-state index in [1.165, 1.54) is 0 Å². The van der Waals surface area contributed by atoms with Gasteiger partial charge in [-0.05, 0) is 55.7 Å². The third kappa shape index (κ3) is 4.11. The highest BCUT2D eigenvalue weighted by Crippen LogP contribution is 2.34. The second-order valence-corrected chi connectivity index (χ2v) is 6.19. The van der Waals surface area contributed by atoms with Gasteiger partial charge in [-0.25, -0.2) is 4.39 Å². The minimum absolute atomic E-state index is 0.0437. The van der Waals surface area contributed by atoms with Gasteiger partial charge in [-0.3, -0.25) is 0 Å². The molecular formula is C16H21F4N. The van der Waals surface area contributed by atoms with Gasteiger partial charge in [0.1, 0.15) is 5.82 Å². The van der Waals surface area contributed by atoms with Crippen molar-refractivity contribution in [1.82, 2.24) is 0 Å². The average Bonchev–Trinajstić information content (AvgIpc) is 2.40. The van der Waals surface area contributed by atoms with Crippen LogP contribution >= 0.6 is 0 Å². The van der Waals surface area contributed by atoms with Crippen molar-refractivity contribution < 1.29 is 17.6 Å². The second-order valence-electron chi connectivity index (χ2n) is 6.19. The van der Waals surface area contributed by atoms with Gasteiger partial charge in [-0.1, -0.05) is 13.8 Å². The van der Waals surface area contributed by atoms with Crippen LogP contribution in [0.25, 0.3) is 0 Å². The van der Waals surface area contributed by atoms with E-state index in [1.54, 1.807) is 0 Å². The van der Waals surface area contributed by atoms with E-state index in [4.69, 9.17) is 0 Å². The summed E-state index contributed by atoms with van der Waals surface area (Å²) in [6, 6.07) is 2.57. The van der Waals surface area contributed by atoms with Crippen molar-refractivity contribution in [3.63, 3.8) is 0 Å². The van der Waals surface area contributed by atoms with Crippen LogP contribution < -0.4 is 5.32 Å². The highest BCUT2D eigenvalue weighted by Gasteiger charge is 2.31. The lowest BCUT2D eigenvalue weighted by Crippen LogP contribution is -2.28. The summed E-state index contributed by atoms with van der Waals surface area (Å²) in [5.41, 5.74) is -0.861. The van der Waals surface area contributed by atoms with E-state index in [-0.39, 0.29) is 11.7 Å². The lowest BCUT2D eigenvalue weighted by atomic mass is 9.79. The molecule has 0 atom stereocenters. The van der Waals surface area contributed by atoms with Crippen LogP contribution in [0.15, 0.2) is 18.2 Å². The second kappa shape index (κ2) is 6.24. The van der Waals surface area contributed by atoms with Gasteiger partial charge in [-0.2, -0.15) is 13.2 Å². The minimum atomic E-state index is -4.45. The molecule has 1 fully saturated rings. The fourth-order valence-electron chi connectivity index (χ4n) is 2.96. The van der Waals surface area contributed by atoms with Crippen LogP contribution in [0.2, 0.25) is 0 Å². The number of halogens is 4. The Morgan fingerprint density at radius 3 is 2.24 bits per heavy atom. The summed E-state index contributed by atoms with van der Waals surface area (Å²) >= 11 is 0. The minimum Gasteiger partial charge on any atom is -0.380 e. The number of hydrogen-bond donors (Lipinski definition) is 1. The van der Waals surface area contributed by atoms with Gasteiger partial charge in [0.05, 0.1) is 11.3 Å². The normalized spacial score (nSPS) is 23.4. The molecule has 5 heteroatoms. The topological polar surface area (TPSA) is 12.0 Å². The van der Waals surface area contributed by atoms with Gasteiger partial charge in [0, 0.05) is 6.04 Å². The number of alkyl halides is 3. The molecule has 0 aromatic heterocycles. The maximum atomic E-state index is 13.7. The lowest BCUT2D eigenvalue weighted by molar-refractivity contribution is -0.137. The van der Waals surface area contributed by atoms with Crippen LogP contribution in [-0.2, 0) is 6.18 Å². The number of anilines is 1. The van der Waals surface area contributed by atoms with Crippen molar-refractivity contribution >= 4 is 5.69 Å². The largest absolute Gasteiger partial charge is 0.416 e. The summed E-state index contributed by atoms with van der Waals surface area (Å²) in [6.07, 6.45) is -0.623. The Hall–Kier alpha value is -1.26. The van der Waals surface area contributed by atoms with Gasteiger partial charge in [0.25, 0.3) is 0 Å². The predicted octanol–water partition coefficient (Wildman–Crippen LogP) is 5.47. The molecule has 118 valence electrons. The Morgan fingerprint density at radius 2 is 1.71 bits per heavy atom. The molecular weight excluding hydrogens is 282 g/mol. The Morgan fingerprint density at radius 1 is 1.10 bits per heavy atom. The van der Waals surface area contributed by atoms with Crippen LogP contribution in [-0.4, -0.2) is 6.04 Å². The fraction of sp³-hybridized carbons (Fsp3) is 0.625. The van der Waals surface area contributed by atoms with Crippen molar-refractivity contribution in [2.45, 2.75) is 51.7 Å². The standard InChI is InChI=1S/C16H21F4N/c1-10(2)11-3-6-13(7-4-11)21-15-9-12(16(18,19)20)5-8-14(15)17/h5,8-11,13,21H,3-4,6-7H2,1-2H3. The third-order valence-corrected chi connectivity index (χ3v) is 4.37. The van der Waals surface area contributed by atoms with Crippen LogP contribution in [0.5, 0.6) is 0 Å². The maximum absolute atomic E-state index is 13.7.